The summed E-state index contributed by atoms with van der Waals surface area (Å²) in [5, 5.41) is 0. The second-order valence-corrected chi connectivity index (χ2v) is 7.10. The molecule has 1 unspecified atom stereocenters. The van der Waals surface area contributed by atoms with Crippen LogP contribution in [0.25, 0.3) is 0 Å². The summed E-state index contributed by atoms with van der Waals surface area (Å²) in [4.78, 5) is 25.5. The van der Waals surface area contributed by atoms with E-state index < -0.39 is 75.9 Å². The summed E-state index contributed by atoms with van der Waals surface area (Å²) in [6.07, 6.45) is 0. The van der Waals surface area contributed by atoms with Crippen molar-refractivity contribution in [1.29, 1.82) is 0 Å². The SMILES string of the molecule is O=C(c1c(F)cccc1F)N1COCN(c2ccc([S+]([O-])C(F)F)cc2F)C1=O. The molecule has 1 saturated heterocycles. The van der Waals surface area contributed by atoms with Crippen molar-refractivity contribution in [1.82, 2.24) is 4.90 Å². The van der Waals surface area contributed by atoms with E-state index in [4.69, 9.17) is 4.74 Å². The van der Waals surface area contributed by atoms with Crippen LogP contribution in [0.5, 0.6) is 0 Å². The number of carbonyl (C=O) groups excluding carboxylic acids is 2. The fraction of sp³-hybridized carbons (Fsp3) is 0.176. The zero-order valence-electron chi connectivity index (χ0n) is 14.3. The molecule has 3 rings (SSSR count). The number of ether oxygens (including phenoxy) is 1. The van der Waals surface area contributed by atoms with Gasteiger partial charge in [-0.3, -0.25) is 9.69 Å². The van der Waals surface area contributed by atoms with E-state index in [1.165, 1.54) is 0 Å². The molecule has 0 saturated carbocycles. The number of hydrogen-bond donors (Lipinski definition) is 0. The van der Waals surface area contributed by atoms with Gasteiger partial charge in [0.1, 0.15) is 30.7 Å². The Morgan fingerprint density at radius 2 is 1.72 bits per heavy atom. The molecule has 2 aromatic carbocycles. The number of hydrogen-bond acceptors (Lipinski definition) is 4. The molecule has 12 heteroatoms. The number of rotatable bonds is 4. The van der Waals surface area contributed by atoms with E-state index in [2.05, 4.69) is 0 Å². The normalized spacial score (nSPS) is 15.8. The summed E-state index contributed by atoms with van der Waals surface area (Å²) in [7, 11) is 0. The predicted molar refractivity (Wildman–Crippen MR) is 90.0 cm³/mol. The molecule has 0 aromatic heterocycles. The van der Waals surface area contributed by atoms with Crippen molar-refractivity contribution < 1.29 is 40.8 Å². The Balaban J connectivity index is 1.89. The highest BCUT2D eigenvalue weighted by Gasteiger charge is 2.36. The second-order valence-electron chi connectivity index (χ2n) is 5.67. The Labute approximate surface area is 163 Å². The largest absolute Gasteiger partial charge is 0.607 e. The van der Waals surface area contributed by atoms with Gasteiger partial charge in [-0.15, -0.1) is 0 Å². The number of urea groups is 1. The first-order valence-corrected chi connectivity index (χ1v) is 9.07. The summed E-state index contributed by atoms with van der Waals surface area (Å²) in [6, 6.07) is 3.92. The molecular weight excluding hydrogens is 423 g/mol. The number of imide groups is 1. The third-order valence-electron chi connectivity index (χ3n) is 3.93. The second kappa shape index (κ2) is 8.35. The van der Waals surface area contributed by atoms with E-state index in [1.54, 1.807) is 0 Å². The highest BCUT2D eigenvalue weighted by atomic mass is 32.2. The van der Waals surface area contributed by atoms with Gasteiger partial charge in [-0.2, -0.15) is 8.78 Å². The summed E-state index contributed by atoms with van der Waals surface area (Å²) in [5.74, 6) is -8.16. The highest BCUT2D eigenvalue weighted by molar-refractivity contribution is 7.91. The lowest BCUT2D eigenvalue weighted by atomic mass is 10.1. The average Bonchev–Trinajstić information content (AvgIpc) is 2.67. The van der Waals surface area contributed by atoms with Crippen LogP contribution in [0.15, 0.2) is 41.3 Å². The number of halogens is 5. The molecule has 0 bridgehead atoms. The van der Waals surface area contributed by atoms with Gasteiger partial charge in [0.2, 0.25) is 0 Å². The molecule has 1 aliphatic rings. The van der Waals surface area contributed by atoms with Gasteiger partial charge in [0, 0.05) is 6.07 Å². The maximum atomic E-state index is 14.4. The van der Waals surface area contributed by atoms with E-state index in [0.29, 0.717) is 15.9 Å². The lowest BCUT2D eigenvalue weighted by molar-refractivity contribution is 0.0214. The molecule has 29 heavy (non-hydrogen) atoms. The zero-order chi connectivity index (χ0) is 21.3. The Bertz CT molecular complexity index is 941. The quantitative estimate of drug-likeness (QED) is 0.546. The van der Waals surface area contributed by atoms with Gasteiger partial charge in [0.15, 0.2) is 10.7 Å². The Morgan fingerprint density at radius 1 is 1.07 bits per heavy atom. The molecule has 0 spiro atoms. The average molecular weight is 434 g/mol. The van der Waals surface area contributed by atoms with Gasteiger partial charge < -0.3 is 9.29 Å². The van der Waals surface area contributed by atoms with Crippen LogP contribution >= 0.6 is 0 Å². The molecule has 1 aliphatic heterocycles. The van der Waals surface area contributed by atoms with Crippen molar-refractivity contribution in [3.63, 3.8) is 0 Å². The molecule has 3 amide bonds. The van der Waals surface area contributed by atoms with Crippen LogP contribution in [0.3, 0.4) is 0 Å². The maximum Gasteiger partial charge on any atom is 0.402 e. The topological polar surface area (TPSA) is 72.9 Å². The van der Waals surface area contributed by atoms with Crippen LogP contribution in [-0.4, -0.2) is 40.6 Å². The summed E-state index contributed by atoms with van der Waals surface area (Å²) in [6.45, 7) is -1.16. The van der Waals surface area contributed by atoms with Crippen molar-refractivity contribution >= 4 is 28.8 Å². The summed E-state index contributed by atoms with van der Waals surface area (Å²) < 4.78 is 83.5. The molecule has 1 atom stereocenters. The number of alkyl halides is 2. The number of amides is 3. The van der Waals surface area contributed by atoms with Gasteiger partial charge >= 0.3 is 11.8 Å². The minimum absolute atomic E-state index is 0.357. The van der Waals surface area contributed by atoms with Crippen LogP contribution in [-0.2, 0) is 15.9 Å². The first-order valence-electron chi connectivity index (χ1n) is 7.85. The van der Waals surface area contributed by atoms with E-state index in [9.17, 15) is 36.1 Å². The minimum Gasteiger partial charge on any atom is -0.607 e. The van der Waals surface area contributed by atoms with Crippen molar-refractivity contribution in [2.45, 2.75) is 10.7 Å². The standard InChI is InChI=1S/C17H11F5N2O4S/c18-10-2-1-3-11(19)14(10)15(25)24-8-28-7-23(17(24)26)13-5-4-9(6-12(13)20)29(27)16(21)22/h1-6,16H,7-8H2. The van der Waals surface area contributed by atoms with Crippen molar-refractivity contribution in [3.05, 3.63) is 59.4 Å². The fourth-order valence-corrected chi connectivity index (χ4v) is 3.20. The van der Waals surface area contributed by atoms with Crippen LogP contribution < -0.4 is 4.90 Å². The van der Waals surface area contributed by atoms with Gasteiger partial charge in [-0.05, 0) is 24.3 Å². The number of nitrogens with zero attached hydrogens (tertiary/aromatic N) is 2. The van der Waals surface area contributed by atoms with Gasteiger partial charge in [-0.25, -0.2) is 22.9 Å². The van der Waals surface area contributed by atoms with E-state index in [0.717, 1.165) is 30.3 Å². The van der Waals surface area contributed by atoms with Crippen LogP contribution in [0.2, 0.25) is 0 Å². The number of benzene rings is 2. The van der Waals surface area contributed by atoms with E-state index >= 15 is 0 Å². The molecule has 1 heterocycles. The molecule has 0 N–H and O–H groups in total. The molecule has 0 aliphatic carbocycles. The molecule has 6 nitrogen and oxygen atoms in total. The van der Waals surface area contributed by atoms with E-state index in [1.807, 2.05) is 0 Å². The Hall–Kier alpha value is -2.70. The van der Waals surface area contributed by atoms with Crippen LogP contribution in [0.1, 0.15) is 10.4 Å². The first kappa shape index (κ1) is 21.0. The van der Waals surface area contributed by atoms with Crippen molar-refractivity contribution in [2.75, 3.05) is 18.4 Å². The predicted octanol–water partition coefficient (Wildman–Crippen LogP) is 3.45. The van der Waals surface area contributed by atoms with Gasteiger partial charge in [0.05, 0.1) is 16.9 Å². The van der Waals surface area contributed by atoms with Gasteiger partial charge in [-0.1, -0.05) is 6.07 Å². The lowest BCUT2D eigenvalue weighted by Gasteiger charge is -2.34. The molecule has 1 fully saturated rings. The molecule has 0 radical (unpaired) electrons. The third kappa shape index (κ3) is 4.04. The monoisotopic (exact) mass is 434 g/mol. The highest BCUT2D eigenvalue weighted by Crippen LogP contribution is 2.28. The van der Waals surface area contributed by atoms with Crippen LogP contribution in [0, 0.1) is 17.5 Å². The van der Waals surface area contributed by atoms with Crippen molar-refractivity contribution in [3.8, 4) is 0 Å². The smallest absolute Gasteiger partial charge is 0.402 e. The number of anilines is 1. The molecular formula is C17H11F5N2O4S. The first-order chi connectivity index (χ1) is 13.7. The zero-order valence-corrected chi connectivity index (χ0v) is 15.1. The minimum atomic E-state index is -3.23. The third-order valence-corrected chi connectivity index (χ3v) is 4.97. The Morgan fingerprint density at radius 3 is 2.31 bits per heavy atom. The maximum absolute atomic E-state index is 14.4. The lowest BCUT2D eigenvalue weighted by Crippen LogP contribution is -2.53. The fourth-order valence-electron chi connectivity index (χ4n) is 2.57. The number of carbonyl (C=O) groups is 2. The molecule has 2 aromatic rings. The van der Waals surface area contributed by atoms with Gasteiger partial charge in [0.25, 0.3) is 5.91 Å². The van der Waals surface area contributed by atoms with Crippen LogP contribution in [0.4, 0.5) is 32.4 Å². The van der Waals surface area contributed by atoms with Crippen molar-refractivity contribution in [2.24, 2.45) is 0 Å². The Kier molecular flexibility index (Phi) is 6.05. The summed E-state index contributed by atoms with van der Waals surface area (Å²) >= 11 is -2.77. The van der Waals surface area contributed by atoms with E-state index in [-0.39, 0.29) is 0 Å². The summed E-state index contributed by atoms with van der Waals surface area (Å²) in [5.41, 5.74) is -1.45. The molecule has 154 valence electrons.